The van der Waals surface area contributed by atoms with E-state index in [0.717, 1.165) is 5.56 Å². The molecule has 1 aromatic carbocycles. The molecule has 0 unspecified atom stereocenters. The van der Waals surface area contributed by atoms with Crippen LogP contribution in [-0.4, -0.2) is 28.2 Å². The average molecular weight is 301 g/mol. The normalized spacial score (nSPS) is 10.1. The van der Waals surface area contributed by atoms with E-state index in [-0.39, 0.29) is 18.4 Å². The molecular formula is C16H16FN3O2. The van der Waals surface area contributed by atoms with Crippen LogP contribution in [0.25, 0.3) is 0 Å². The number of benzene rings is 1. The lowest BCUT2D eigenvalue weighted by molar-refractivity contribution is -0.133. The van der Waals surface area contributed by atoms with Crippen molar-refractivity contribution >= 4 is 17.5 Å². The average Bonchev–Trinajstić information content (AvgIpc) is 2.47. The molecule has 2 aromatic rings. The SMILES string of the molecule is CC(=O)N(CC(=O)Nc1cccc(F)c1)Cc1cccnc1. The zero-order chi connectivity index (χ0) is 15.9. The minimum Gasteiger partial charge on any atom is -0.329 e. The number of hydrogen-bond acceptors (Lipinski definition) is 3. The lowest BCUT2D eigenvalue weighted by Crippen LogP contribution is -2.36. The number of amides is 2. The van der Waals surface area contributed by atoms with Crippen LogP contribution in [0.2, 0.25) is 0 Å². The van der Waals surface area contributed by atoms with Crippen LogP contribution in [0.3, 0.4) is 0 Å². The molecule has 1 heterocycles. The van der Waals surface area contributed by atoms with Crippen molar-refractivity contribution in [2.24, 2.45) is 0 Å². The van der Waals surface area contributed by atoms with Gasteiger partial charge in [0.15, 0.2) is 0 Å². The molecule has 0 spiro atoms. The van der Waals surface area contributed by atoms with Gasteiger partial charge >= 0.3 is 0 Å². The van der Waals surface area contributed by atoms with Gasteiger partial charge in [-0.25, -0.2) is 4.39 Å². The lowest BCUT2D eigenvalue weighted by atomic mass is 10.2. The summed E-state index contributed by atoms with van der Waals surface area (Å²) in [5.41, 5.74) is 1.19. The minimum absolute atomic E-state index is 0.110. The first-order chi connectivity index (χ1) is 10.5. The van der Waals surface area contributed by atoms with Gasteiger partial charge in [-0.3, -0.25) is 14.6 Å². The van der Waals surface area contributed by atoms with E-state index < -0.39 is 5.82 Å². The topological polar surface area (TPSA) is 62.3 Å². The molecule has 0 aliphatic rings. The molecule has 0 bridgehead atoms. The van der Waals surface area contributed by atoms with Crippen molar-refractivity contribution in [2.45, 2.75) is 13.5 Å². The Morgan fingerprint density at radius 2 is 2.09 bits per heavy atom. The number of halogens is 1. The van der Waals surface area contributed by atoms with Gasteiger partial charge in [-0.15, -0.1) is 0 Å². The second kappa shape index (κ2) is 7.31. The Morgan fingerprint density at radius 3 is 2.73 bits per heavy atom. The maximum atomic E-state index is 13.1. The van der Waals surface area contributed by atoms with Gasteiger partial charge in [-0.2, -0.15) is 0 Å². The Kier molecular flexibility index (Phi) is 5.19. The first-order valence-corrected chi connectivity index (χ1v) is 6.74. The maximum Gasteiger partial charge on any atom is 0.244 e. The summed E-state index contributed by atoms with van der Waals surface area (Å²) in [5, 5.41) is 2.57. The van der Waals surface area contributed by atoms with Gasteiger partial charge in [0.05, 0.1) is 0 Å². The van der Waals surface area contributed by atoms with Gasteiger partial charge in [-0.05, 0) is 29.8 Å². The van der Waals surface area contributed by atoms with Crippen LogP contribution < -0.4 is 5.32 Å². The van der Waals surface area contributed by atoms with Gasteiger partial charge in [-0.1, -0.05) is 12.1 Å². The molecule has 0 radical (unpaired) electrons. The molecule has 1 N–H and O–H groups in total. The van der Waals surface area contributed by atoms with E-state index in [9.17, 15) is 14.0 Å². The van der Waals surface area contributed by atoms with Crippen molar-refractivity contribution in [2.75, 3.05) is 11.9 Å². The summed E-state index contributed by atoms with van der Waals surface area (Å²) in [5.74, 6) is -1.04. The first kappa shape index (κ1) is 15.6. The van der Waals surface area contributed by atoms with Gasteiger partial charge in [0.25, 0.3) is 0 Å². The van der Waals surface area contributed by atoms with Crippen molar-refractivity contribution in [3.05, 3.63) is 60.2 Å². The summed E-state index contributed by atoms with van der Waals surface area (Å²) in [6.07, 6.45) is 3.28. The van der Waals surface area contributed by atoms with E-state index >= 15 is 0 Å². The number of aromatic nitrogens is 1. The number of nitrogens with zero attached hydrogens (tertiary/aromatic N) is 2. The molecule has 6 heteroatoms. The Bertz CT molecular complexity index is 661. The van der Waals surface area contributed by atoms with Crippen LogP contribution in [0.1, 0.15) is 12.5 Å². The third-order valence-corrected chi connectivity index (χ3v) is 2.98. The van der Waals surface area contributed by atoms with Crippen LogP contribution in [0, 0.1) is 5.82 Å². The Hall–Kier alpha value is -2.76. The molecule has 114 valence electrons. The molecule has 1 aromatic heterocycles. The number of carbonyl (C=O) groups excluding carboxylic acids is 2. The fraction of sp³-hybridized carbons (Fsp3) is 0.188. The molecule has 0 fully saturated rings. The van der Waals surface area contributed by atoms with E-state index in [2.05, 4.69) is 10.3 Å². The van der Waals surface area contributed by atoms with Gasteiger partial charge in [0.2, 0.25) is 11.8 Å². The van der Waals surface area contributed by atoms with E-state index in [0.29, 0.717) is 12.2 Å². The van der Waals surface area contributed by atoms with Crippen molar-refractivity contribution in [3.63, 3.8) is 0 Å². The van der Waals surface area contributed by atoms with Gasteiger partial charge < -0.3 is 10.2 Å². The first-order valence-electron chi connectivity index (χ1n) is 6.74. The van der Waals surface area contributed by atoms with E-state index in [1.54, 1.807) is 24.5 Å². The quantitative estimate of drug-likeness (QED) is 0.921. The lowest BCUT2D eigenvalue weighted by Gasteiger charge is -2.20. The number of rotatable bonds is 5. The summed E-state index contributed by atoms with van der Waals surface area (Å²) >= 11 is 0. The molecule has 0 aliphatic carbocycles. The highest BCUT2D eigenvalue weighted by atomic mass is 19.1. The van der Waals surface area contributed by atoms with Crippen LogP contribution in [-0.2, 0) is 16.1 Å². The highest BCUT2D eigenvalue weighted by Crippen LogP contribution is 2.09. The number of pyridine rings is 1. The highest BCUT2D eigenvalue weighted by Gasteiger charge is 2.14. The molecule has 2 rings (SSSR count). The molecular weight excluding hydrogens is 285 g/mol. The number of carbonyl (C=O) groups is 2. The van der Waals surface area contributed by atoms with E-state index in [1.807, 2.05) is 6.07 Å². The zero-order valence-electron chi connectivity index (χ0n) is 12.1. The predicted molar refractivity (Wildman–Crippen MR) is 80.4 cm³/mol. The molecule has 0 saturated heterocycles. The molecule has 5 nitrogen and oxygen atoms in total. The fourth-order valence-electron chi connectivity index (χ4n) is 1.93. The molecule has 22 heavy (non-hydrogen) atoms. The van der Waals surface area contributed by atoms with E-state index in [1.165, 1.54) is 30.0 Å². The summed E-state index contributed by atoms with van der Waals surface area (Å²) in [7, 11) is 0. The van der Waals surface area contributed by atoms with Crippen LogP contribution in [0.15, 0.2) is 48.8 Å². The second-order valence-corrected chi connectivity index (χ2v) is 4.79. The van der Waals surface area contributed by atoms with Gasteiger partial charge in [0, 0.05) is 31.5 Å². The van der Waals surface area contributed by atoms with Crippen molar-refractivity contribution < 1.29 is 14.0 Å². The summed E-state index contributed by atoms with van der Waals surface area (Å²) in [6.45, 7) is 1.58. The number of anilines is 1. The number of hydrogen-bond donors (Lipinski definition) is 1. The summed E-state index contributed by atoms with van der Waals surface area (Å²) in [6, 6.07) is 9.19. The maximum absolute atomic E-state index is 13.1. The van der Waals surface area contributed by atoms with Crippen LogP contribution >= 0.6 is 0 Å². The second-order valence-electron chi connectivity index (χ2n) is 4.79. The molecule has 0 aliphatic heterocycles. The van der Waals surface area contributed by atoms with Crippen LogP contribution in [0.5, 0.6) is 0 Å². The molecule has 0 saturated carbocycles. The zero-order valence-corrected chi connectivity index (χ0v) is 12.1. The standard InChI is InChI=1S/C16H16FN3O2/c1-12(21)20(10-13-4-3-7-18-9-13)11-16(22)19-15-6-2-5-14(17)8-15/h2-9H,10-11H2,1H3,(H,19,22). The van der Waals surface area contributed by atoms with E-state index in [4.69, 9.17) is 0 Å². The highest BCUT2D eigenvalue weighted by molar-refractivity contribution is 5.94. The third kappa shape index (κ3) is 4.66. The molecule has 2 amide bonds. The third-order valence-electron chi connectivity index (χ3n) is 2.98. The molecule has 0 atom stereocenters. The Morgan fingerprint density at radius 1 is 1.27 bits per heavy atom. The van der Waals surface area contributed by atoms with Crippen molar-refractivity contribution in [1.82, 2.24) is 9.88 Å². The van der Waals surface area contributed by atoms with Crippen LogP contribution in [0.4, 0.5) is 10.1 Å². The monoisotopic (exact) mass is 301 g/mol. The summed E-state index contributed by atoms with van der Waals surface area (Å²) in [4.78, 5) is 29.0. The minimum atomic E-state index is -0.434. The largest absolute Gasteiger partial charge is 0.329 e. The van der Waals surface area contributed by atoms with Crippen molar-refractivity contribution in [1.29, 1.82) is 0 Å². The van der Waals surface area contributed by atoms with Crippen molar-refractivity contribution in [3.8, 4) is 0 Å². The number of nitrogens with one attached hydrogen (secondary N) is 1. The smallest absolute Gasteiger partial charge is 0.244 e. The fourth-order valence-corrected chi connectivity index (χ4v) is 1.93. The Labute approximate surface area is 127 Å². The van der Waals surface area contributed by atoms with Gasteiger partial charge in [0.1, 0.15) is 12.4 Å². The predicted octanol–water partition coefficient (Wildman–Crippen LogP) is 2.21. The summed E-state index contributed by atoms with van der Waals surface area (Å²) < 4.78 is 13.1. The Balaban J connectivity index is 1.98.